The Bertz CT molecular complexity index is 676. The van der Waals surface area contributed by atoms with Crippen LogP contribution in [0.15, 0.2) is 36.4 Å². The Kier molecular flexibility index (Phi) is 3.77. The second-order valence-corrected chi connectivity index (χ2v) is 5.98. The third-order valence-corrected chi connectivity index (χ3v) is 4.08. The number of nitrogens with zero attached hydrogens (tertiary/aromatic N) is 3. The summed E-state index contributed by atoms with van der Waals surface area (Å²) in [7, 11) is 0. The number of fused-ring (bicyclic) bond motifs is 1. The molecule has 0 fully saturated rings. The highest BCUT2D eigenvalue weighted by Gasteiger charge is 2.02. The Labute approximate surface area is 120 Å². The van der Waals surface area contributed by atoms with E-state index in [-0.39, 0.29) is 0 Å². The zero-order chi connectivity index (χ0) is 13.1. The zero-order valence-corrected chi connectivity index (χ0v) is 11.8. The van der Waals surface area contributed by atoms with Gasteiger partial charge in [-0.15, -0.1) is 16.4 Å². The van der Waals surface area contributed by atoms with Gasteiger partial charge in [-0.05, 0) is 24.3 Å². The minimum absolute atomic E-state index is 0.805. The quantitative estimate of drug-likeness (QED) is 0.735. The first kappa shape index (κ1) is 12.6. The standard InChI is InChI=1S/C13H13ClN4S/c14-13-6-5-10(19-13)9-15-7-8-18-12-4-2-1-3-11(12)16-17-18/h1-6,15H,7-9H2. The van der Waals surface area contributed by atoms with Crippen molar-refractivity contribution in [3.63, 3.8) is 0 Å². The number of aromatic nitrogens is 3. The Morgan fingerprint density at radius 3 is 2.95 bits per heavy atom. The molecule has 0 amide bonds. The number of hydrogen-bond donors (Lipinski definition) is 1. The molecule has 0 aliphatic carbocycles. The summed E-state index contributed by atoms with van der Waals surface area (Å²) in [5, 5.41) is 11.7. The maximum atomic E-state index is 5.89. The average molecular weight is 293 g/mol. The number of thiophene rings is 1. The highest BCUT2D eigenvalue weighted by Crippen LogP contribution is 2.20. The second-order valence-electron chi connectivity index (χ2n) is 4.18. The van der Waals surface area contributed by atoms with E-state index in [9.17, 15) is 0 Å². The summed E-state index contributed by atoms with van der Waals surface area (Å²) in [6, 6.07) is 12.0. The van der Waals surface area contributed by atoms with Gasteiger partial charge < -0.3 is 5.32 Å². The summed E-state index contributed by atoms with van der Waals surface area (Å²) < 4.78 is 2.75. The average Bonchev–Trinajstić information content (AvgIpc) is 3.02. The Hall–Kier alpha value is -1.43. The van der Waals surface area contributed by atoms with Gasteiger partial charge in [0.1, 0.15) is 5.52 Å². The molecule has 6 heteroatoms. The van der Waals surface area contributed by atoms with Gasteiger partial charge in [-0.2, -0.15) is 0 Å². The maximum absolute atomic E-state index is 5.89. The van der Waals surface area contributed by atoms with E-state index in [2.05, 4.69) is 15.6 Å². The molecule has 0 aliphatic heterocycles. The molecule has 0 saturated heterocycles. The van der Waals surface area contributed by atoms with Crippen LogP contribution in [0.2, 0.25) is 4.34 Å². The van der Waals surface area contributed by atoms with Crippen LogP contribution >= 0.6 is 22.9 Å². The van der Waals surface area contributed by atoms with Crippen molar-refractivity contribution in [3.8, 4) is 0 Å². The van der Waals surface area contributed by atoms with Crippen LogP contribution in [0.1, 0.15) is 4.88 Å². The Balaban J connectivity index is 1.55. The normalized spacial score (nSPS) is 11.2. The summed E-state index contributed by atoms with van der Waals surface area (Å²) in [5.41, 5.74) is 2.01. The fraction of sp³-hybridized carbons (Fsp3) is 0.231. The fourth-order valence-electron chi connectivity index (χ4n) is 1.93. The van der Waals surface area contributed by atoms with Crippen molar-refractivity contribution >= 4 is 34.0 Å². The molecule has 98 valence electrons. The SMILES string of the molecule is Clc1ccc(CNCCn2nnc3ccccc32)s1. The molecule has 19 heavy (non-hydrogen) atoms. The third kappa shape index (κ3) is 2.94. The highest BCUT2D eigenvalue weighted by molar-refractivity contribution is 7.16. The molecule has 0 radical (unpaired) electrons. The van der Waals surface area contributed by atoms with Gasteiger partial charge in [0.25, 0.3) is 0 Å². The fourth-order valence-corrected chi connectivity index (χ4v) is 2.98. The van der Waals surface area contributed by atoms with Crippen LogP contribution in [0, 0.1) is 0 Å². The molecular weight excluding hydrogens is 280 g/mol. The smallest absolute Gasteiger partial charge is 0.113 e. The molecule has 0 unspecified atom stereocenters. The molecule has 2 heterocycles. The van der Waals surface area contributed by atoms with Crippen LogP contribution in [0.4, 0.5) is 0 Å². The first-order chi connectivity index (χ1) is 9.33. The van der Waals surface area contributed by atoms with Gasteiger partial charge in [0.2, 0.25) is 0 Å². The van der Waals surface area contributed by atoms with E-state index < -0.39 is 0 Å². The van der Waals surface area contributed by atoms with E-state index in [1.165, 1.54) is 4.88 Å². The molecule has 4 nitrogen and oxygen atoms in total. The van der Waals surface area contributed by atoms with Crippen molar-refractivity contribution in [3.05, 3.63) is 45.6 Å². The summed E-state index contributed by atoms with van der Waals surface area (Å²) >= 11 is 7.49. The van der Waals surface area contributed by atoms with Gasteiger partial charge in [-0.3, -0.25) is 0 Å². The second kappa shape index (κ2) is 5.69. The largest absolute Gasteiger partial charge is 0.310 e. The van der Waals surface area contributed by atoms with Crippen LogP contribution < -0.4 is 5.32 Å². The monoisotopic (exact) mass is 292 g/mol. The van der Waals surface area contributed by atoms with Crippen molar-refractivity contribution < 1.29 is 0 Å². The summed E-state index contributed by atoms with van der Waals surface area (Å²) in [4.78, 5) is 1.24. The number of para-hydroxylation sites is 1. The minimum atomic E-state index is 0.805. The number of nitrogens with one attached hydrogen (secondary N) is 1. The molecule has 0 bridgehead atoms. The van der Waals surface area contributed by atoms with Gasteiger partial charge in [-0.25, -0.2) is 4.68 Å². The molecule has 0 aliphatic rings. The molecule has 1 aromatic carbocycles. The van der Waals surface area contributed by atoms with E-state index in [0.717, 1.165) is 35.0 Å². The van der Waals surface area contributed by atoms with E-state index in [4.69, 9.17) is 11.6 Å². The molecule has 1 N–H and O–H groups in total. The lowest BCUT2D eigenvalue weighted by atomic mass is 10.3. The summed E-state index contributed by atoms with van der Waals surface area (Å²) in [6.45, 7) is 2.49. The third-order valence-electron chi connectivity index (χ3n) is 2.85. The van der Waals surface area contributed by atoms with E-state index in [0.29, 0.717) is 0 Å². The number of hydrogen-bond acceptors (Lipinski definition) is 4. The lowest BCUT2D eigenvalue weighted by Crippen LogP contribution is -2.19. The predicted octanol–water partition coefficient (Wildman–Crippen LogP) is 2.94. The molecule has 0 spiro atoms. The summed E-state index contributed by atoms with van der Waals surface area (Å²) in [6.07, 6.45) is 0. The van der Waals surface area contributed by atoms with Crippen LogP contribution in [-0.4, -0.2) is 21.5 Å². The first-order valence-corrected chi connectivity index (χ1v) is 7.25. The molecular formula is C13H13ClN4S. The van der Waals surface area contributed by atoms with Crippen LogP contribution in [0.25, 0.3) is 11.0 Å². The van der Waals surface area contributed by atoms with Crippen molar-refractivity contribution in [2.45, 2.75) is 13.1 Å². The molecule has 2 aromatic heterocycles. The lowest BCUT2D eigenvalue weighted by Gasteiger charge is -2.03. The van der Waals surface area contributed by atoms with Crippen molar-refractivity contribution in [1.29, 1.82) is 0 Å². The van der Waals surface area contributed by atoms with Gasteiger partial charge in [-0.1, -0.05) is 28.9 Å². The Morgan fingerprint density at radius 2 is 2.11 bits per heavy atom. The molecule has 3 aromatic rings. The predicted molar refractivity (Wildman–Crippen MR) is 78.6 cm³/mol. The zero-order valence-electron chi connectivity index (χ0n) is 10.2. The van der Waals surface area contributed by atoms with E-state index in [1.807, 2.05) is 41.1 Å². The van der Waals surface area contributed by atoms with Crippen LogP contribution in [-0.2, 0) is 13.1 Å². The van der Waals surface area contributed by atoms with Gasteiger partial charge >= 0.3 is 0 Å². The van der Waals surface area contributed by atoms with Crippen molar-refractivity contribution in [1.82, 2.24) is 20.3 Å². The van der Waals surface area contributed by atoms with Gasteiger partial charge in [0.05, 0.1) is 16.4 Å². The summed E-state index contributed by atoms with van der Waals surface area (Å²) in [5.74, 6) is 0. The molecule has 0 saturated carbocycles. The molecule has 0 atom stereocenters. The van der Waals surface area contributed by atoms with E-state index in [1.54, 1.807) is 11.3 Å². The highest BCUT2D eigenvalue weighted by atomic mass is 35.5. The van der Waals surface area contributed by atoms with Crippen molar-refractivity contribution in [2.24, 2.45) is 0 Å². The van der Waals surface area contributed by atoms with E-state index >= 15 is 0 Å². The van der Waals surface area contributed by atoms with Crippen LogP contribution in [0.3, 0.4) is 0 Å². The topological polar surface area (TPSA) is 42.7 Å². The maximum Gasteiger partial charge on any atom is 0.113 e. The number of rotatable bonds is 5. The number of benzene rings is 1. The van der Waals surface area contributed by atoms with Gasteiger partial charge in [0, 0.05) is 18.0 Å². The number of halogens is 1. The Morgan fingerprint density at radius 1 is 1.21 bits per heavy atom. The van der Waals surface area contributed by atoms with Crippen molar-refractivity contribution in [2.75, 3.05) is 6.54 Å². The van der Waals surface area contributed by atoms with Crippen LogP contribution in [0.5, 0.6) is 0 Å². The lowest BCUT2D eigenvalue weighted by molar-refractivity contribution is 0.554. The first-order valence-electron chi connectivity index (χ1n) is 6.06. The van der Waals surface area contributed by atoms with Gasteiger partial charge in [0.15, 0.2) is 0 Å². The minimum Gasteiger partial charge on any atom is -0.310 e. The molecule has 3 rings (SSSR count).